The van der Waals surface area contributed by atoms with Crippen LogP contribution < -0.4 is 0 Å². The molecule has 0 saturated heterocycles. The zero-order valence-corrected chi connectivity index (χ0v) is 14.7. The van der Waals surface area contributed by atoms with Gasteiger partial charge in [0.15, 0.2) is 0 Å². The molecule has 0 radical (unpaired) electrons. The minimum absolute atomic E-state index is 0.112. The van der Waals surface area contributed by atoms with Gasteiger partial charge >= 0.3 is 117 Å². The summed E-state index contributed by atoms with van der Waals surface area (Å²) < 4.78 is 0. The molecule has 0 atom stereocenters. The van der Waals surface area contributed by atoms with E-state index in [9.17, 15) is 0 Å². The third kappa shape index (κ3) is 16.1. The summed E-state index contributed by atoms with van der Waals surface area (Å²) >= 11 is -0.112. The average Bonchev–Trinajstić information content (AvgIpc) is 2.35. The van der Waals surface area contributed by atoms with Crippen molar-refractivity contribution in [2.24, 2.45) is 0 Å². The molecule has 0 saturated carbocycles. The van der Waals surface area contributed by atoms with E-state index in [1.54, 1.807) is 10.0 Å². The van der Waals surface area contributed by atoms with Gasteiger partial charge in [-0.25, -0.2) is 0 Å². The van der Waals surface area contributed by atoms with Crippen molar-refractivity contribution in [3.8, 4) is 0 Å². The summed E-state index contributed by atoms with van der Waals surface area (Å²) in [5, 5.41) is 3.27. The van der Waals surface area contributed by atoms with Crippen LogP contribution in [0.5, 0.6) is 0 Å². The van der Waals surface area contributed by atoms with Gasteiger partial charge in [0.25, 0.3) is 0 Å². The summed E-state index contributed by atoms with van der Waals surface area (Å²) in [4.78, 5) is 0. The van der Waals surface area contributed by atoms with Gasteiger partial charge < -0.3 is 0 Å². The Bertz CT molecular complexity index is 145. The van der Waals surface area contributed by atoms with Gasteiger partial charge in [-0.3, -0.25) is 0 Å². The van der Waals surface area contributed by atoms with E-state index in [0.717, 1.165) is 0 Å². The summed E-state index contributed by atoms with van der Waals surface area (Å²) in [6.45, 7) is 7.52. The van der Waals surface area contributed by atoms with E-state index in [4.69, 9.17) is 0 Å². The van der Waals surface area contributed by atoms with Crippen LogP contribution in [0.2, 0.25) is 10.0 Å². The van der Waals surface area contributed by atoms with Crippen molar-refractivity contribution in [1.29, 1.82) is 0 Å². The predicted molar refractivity (Wildman–Crippen MR) is 76.2 cm³/mol. The Morgan fingerprint density at radius 3 is 1.41 bits per heavy atom. The van der Waals surface area contributed by atoms with Crippen LogP contribution in [0.1, 0.15) is 64.2 Å². The second-order valence-corrected chi connectivity index (χ2v) is 9.49. The van der Waals surface area contributed by atoms with Gasteiger partial charge in [0, 0.05) is 0 Å². The van der Waals surface area contributed by atoms with Gasteiger partial charge in [-0.2, -0.15) is 0 Å². The van der Waals surface area contributed by atoms with Crippen LogP contribution in [0.25, 0.3) is 0 Å². The Kier molecular flexibility index (Phi) is 16.2. The summed E-state index contributed by atoms with van der Waals surface area (Å²) in [6, 6.07) is 0. The molecule has 0 bridgehead atoms. The SMILES string of the molecule is C=CCCCCC[CH2][Zn][CH2]CCCCCC=C. The van der Waals surface area contributed by atoms with Crippen LogP contribution in [-0.4, -0.2) is 0 Å². The van der Waals surface area contributed by atoms with Crippen molar-refractivity contribution in [1.82, 2.24) is 0 Å². The zero-order chi connectivity index (χ0) is 12.6. The van der Waals surface area contributed by atoms with Crippen LogP contribution in [0.4, 0.5) is 0 Å². The van der Waals surface area contributed by atoms with Gasteiger partial charge in [-0.15, -0.1) is 0 Å². The van der Waals surface area contributed by atoms with Crippen LogP contribution in [0.15, 0.2) is 25.3 Å². The molecule has 0 nitrogen and oxygen atoms in total. The minimum atomic E-state index is -0.112. The normalized spacial score (nSPS) is 9.88. The van der Waals surface area contributed by atoms with Crippen molar-refractivity contribution in [3.05, 3.63) is 25.3 Å². The Morgan fingerprint density at radius 2 is 1.00 bits per heavy atom. The zero-order valence-electron chi connectivity index (χ0n) is 11.8. The first kappa shape index (κ1) is 17.1. The number of hydrogen-bond acceptors (Lipinski definition) is 0. The molecule has 0 aromatic carbocycles. The van der Waals surface area contributed by atoms with E-state index in [2.05, 4.69) is 13.2 Å². The maximum absolute atomic E-state index is 3.76. The monoisotopic (exact) mass is 286 g/mol. The quantitative estimate of drug-likeness (QED) is 0.203. The van der Waals surface area contributed by atoms with Crippen molar-refractivity contribution in [2.45, 2.75) is 74.2 Å². The van der Waals surface area contributed by atoms with E-state index in [1.165, 1.54) is 64.2 Å². The topological polar surface area (TPSA) is 0 Å². The summed E-state index contributed by atoms with van der Waals surface area (Å²) in [5.74, 6) is 0. The van der Waals surface area contributed by atoms with Crippen LogP contribution in [0.3, 0.4) is 0 Å². The van der Waals surface area contributed by atoms with E-state index >= 15 is 0 Å². The number of unbranched alkanes of at least 4 members (excludes halogenated alkanes) is 8. The molecule has 0 spiro atoms. The molecule has 0 aliphatic rings. The number of allylic oxidation sites excluding steroid dienone is 2. The Labute approximate surface area is 117 Å². The molecule has 0 aliphatic heterocycles. The van der Waals surface area contributed by atoms with Crippen LogP contribution in [-0.2, 0) is 17.1 Å². The second kappa shape index (κ2) is 16.1. The Balaban J connectivity index is 2.89. The third-order valence-electron chi connectivity index (χ3n) is 3.32. The van der Waals surface area contributed by atoms with Crippen LogP contribution >= 0.6 is 0 Å². The van der Waals surface area contributed by atoms with Crippen molar-refractivity contribution in [2.75, 3.05) is 0 Å². The van der Waals surface area contributed by atoms with Crippen molar-refractivity contribution >= 4 is 0 Å². The molecular weight excluding hydrogens is 258 g/mol. The molecular formula is C16H30Zn. The maximum atomic E-state index is 3.76. The molecule has 96 valence electrons. The molecule has 0 unspecified atom stereocenters. The summed E-state index contributed by atoms with van der Waals surface area (Å²) in [6.07, 6.45) is 18.1. The molecule has 17 heavy (non-hydrogen) atoms. The van der Waals surface area contributed by atoms with Crippen LogP contribution in [0, 0.1) is 0 Å². The van der Waals surface area contributed by atoms with Gasteiger partial charge in [-0.05, 0) is 0 Å². The molecule has 0 aromatic heterocycles. The average molecular weight is 288 g/mol. The van der Waals surface area contributed by atoms with Crippen molar-refractivity contribution < 1.29 is 17.1 Å². The number of rotatable bonds is 14. The van der Waals surface area contributed by atoms with E-state index in [1.807, 2.05) is 12.2 Å². The van der Waals surface area contributed by atoms with Gasteiger partial charge in [-0.1, -0.05) is 0 Å². The molecule has 0 N–H and O–H groups in total. The first-order valence-electron chi connectivity index (χ1n) is 7.63. The summed E-state index contributed by atoms with van der Waals surface area (Å²) in [5.41, 5.74) is 0. The summed E-state index contributed by atoms with van der Waals surface area (Å²) in [7, 11) is 0. The fourth-order valence-electron chi connectivity index (χ4n) is 2.17. The fraction of sp³-hybridized carbons (Fsp3) is 0.750. The molecule has 0 rings (SSSR count). The number of hydrogen-bond donors (Lipinski definition) is 0. The molecule has 0 amide bonds. The Morgan fingerprint density at radius 1 is 0.588 bits per heavy atom. The van der Waals surface area contributed by atoms with E-state index in [-0.39, 0.29) is 17.1 Å². The van der Waals surface area contributed by atoms with Gasteiger partial charge in [0.05, 0.1) is 0 Å². The van der Waals surface area contributed by atoms with E-state index < -0.39 is 0 Å². The predicted octanol–water partition coefficient (Wildman–Crippen LogP) is 6.18. The fourth-order valence-corrected chi connectivity index (χ4v) is 5.88. The third-order valence-corrected chi connectivity index (χ3v) is 7.51. The molecule has 0 fully saturated rings. The van der Waals surface area contributed by atoms with Crippen molar-refractivity contribution in [3.63, 3.8) is 0 Å². The van der Waals surface area contributed by atoms with E-state index in [0.29, 0.717) is 0 Å². The first-order valence-corrected chi connectivity index (χ1v) is 11.8. The Hall–Kier alpha value is 0.103. The van der Waals surface area contributed by atoms with Gasteiger partial charge in [0.2, 0.25) is 0 Å². The molecule has 0 aromatic rings. The molecule has 0 heterocycles. The second-order valence-electron chi connectivity index (χ2n) is 5.04. The first-order chi connectivity index (χ1) is 8.41. The standard InChI is InChI=1S/2C8H15.Zn/c2*1-3-5-7-8-6-4-2;/h2*3H,1-2,4-8H2;. The molecule has 0 aliphatic carbocycles. The van der Waals surface area contributed by atoms with Gasteiger partial charge in [0.1, 0.15) is 0 Å². The molecule has 1 heteroatoms.